The molecule has 5 N–H and O–H groups in total. The Bertz CT molecular complexity index is 1020. The monoisotopic (exact) mass is 439 g/mol. The largest absolute Gasteiger partial charge is 0.505 e. The molecule has 0 bridgehead atoms. The number of carbonyl (C=O) groups is 1. The Hall–Kier alpha value is -3.69. The third-order valence-electron chi connectivity index (χ3n) is 4.93. The first-order chi connectivity index (χ1) is 15.4. The standard InChI is InChI=1S/C22H29N7O3/c1-3-8-14(32-4-2)13-25-20-21(28-19(24)18(23)27-20)26-16-10-7-9-15(17(16)30)22(31)29-11-5-6-12-29/h7-10,30H,3-6,11-13H2,1-2H3,(H2,23,25,27)(H2,24,26,28)/b14-8-. The first-order valence-corrected chi connectivity index (χ1v) is 10.7. The Labute approximate surface area is 187 Å². The lowest BCUT2D eigenvalue weighted by Crippen LogP contribution is -2.38. The van der Waals surface area contributed by atoms with Gasteiger partial charge in [-0.15, -0.1) is 0 Å². The highest BCUT2D eigenvalue weighted by Gasteiger charge is 2.24. The van der Waals surface area contributed by atoms with Crippen LogP contribution in [0, 0.1) is 0 Å². The lowest BCUT2D eigenvalue weighted by molar-refractivity contribution is 0.0790. The number of likely N-dealkylation sites (tertiary alicyclic amines) is 1. The molecule has 1 amide bonds. The van der Waals surface area contributed by atoms with E-state index in [9.17, 15) is 9.90 Å². The quantitative estimate of drug-likeness (QED) is 0.556. The molecule has 2 heterocycles. The molecule has 0 aliphatic carbocycles. The maximum absolute atomic E-state index is 12.8. The summed E-state index contributed by atoms with van der Waals surface area (Å²) in [6, 6.07) is 4.81. The molecule has 0 aromatic heterocycles. The van der Waals surface area contributed by atoms with Gasteiger partial charge < -0.3 is 26.2 Å². The average molecular weight is 440 g/mol. The predicted molar refractivity (Wildman–Crippen MR) is 126 cm³/mol. The van der Waals surface area contributed by atoms with Crippen LogP contribution in [0.2, 0.25) is 0 Å². The normalized spacial score (nSPS) is 19.3. The van der Waals surface area contributed by atoms with E-state index in [0.29, 0.717) is 25.5 Å². The van der Waals surface area contributed by atoms with Crippen molar-refractivity contribution in [2.24, 2.45) is 31.4 Å². The Morgan fingerprint density at radius 1 is 1.19 bits per heavy atom. The number of carbonyl (C=O) groups excluding carboxylic acids is 1. The fourth-order valence-electron chi connectivity index (χ4n) is 3.36. The summed E-state index contributed by atoms with van der Waals surface area (Å²) in [5.74, 6) is 0.519. The summed E-state index contributed by atoms with van der Waals surface area (Å²) in [4.78, 5) is 31.7. The topological polar surface area (TPSA) is 151 Å². The van der Waals surface area contributed by atoms with Crippen molar-refractivity contribution in [3.05, 3.63) is 35.6 Å². The Morgan fingerprint density at radius 2 is 1.88 bits per heavy atom. The predicted octanol–water partition coefficient (Wildman–Crippen LogP) is 2.12. The van der Waals surface area contributed by atoms with Crippen LogP contribution in [0.25, 0.3) is 0 Å². The first-order valence-electron chi connectivity index (χ1n) is 10.7. The summed E-state index contributed by atoms with van der Waals surface area (Å²) < 4.78 is 5.58. The molecule has 2 aliphatic heterocycles. The molecule has 3 rings (SSSR count). The van der Waals surface area contributed by atoms with Crippen molar-refractivity contribution in [3.63, 3.8) is 0 Å². The number of benzene rings is 1. The van der Waals surface area contributed by atoms with Crippen LogP contribution >= 0.6 is 0 Å². The molecule has 170 valence electrons. The number of amidine groups is 4. The Balaban J connectivity index is 1.95. The third kappa shape index (κ3) is 5.32. The lowest BCUT2D eigenvalue weighted by atomic mass is 10.1. The highest BCUT2D eigenvalue weighted by atomic mass is 16.5. The fraction of sp³-hybridized carbons (Fsp3) is 0.409. The summed E-state index contributed by atoms with van der Waals surface area (Å²) in [6.07, 6.45) is 4.64. The van der Waals surface area contributed by atoms with Gasteiger partial charge in [0.1, 0.15) is 11.4 Å². The minimum Gasteiger partial charge on any atom is -0.505 e. The molecule has 1 aromatic rings. The van der Waals surface area contributed by atoms with E-state index in [1.165, 1.54) is 0 Å². The van der Waals surface area contributed by atoms with E-state index in [2.05, 4.69) is 20.0 Å². The van der Waals surface area contributed by atoms with Crippen molar-refractivity contribution in [3.8, 4) is 5.75 Å². The van der Waals surface area contributed by atoms with Crippen molar-refractivity contribution in [2.45, 2.75) is 33.1 Å². The number of aliphatic imine (C=N–C) groups is 4. The molecule has 0 saturated carbocycles. The van der Waals surface area contributed by atoms with Crippen LogP contribution < -0.4 is 11.5 Å². The van der Waals surface area contributed by atoms with Crippen molar-refractivity contribution >= 4 is 34.9 Å². The molecule has 0 unspecified atom stereocenters. The van der Waals surface area contributed by atoms with E-state index in [1.807, 2.05) is 19.9 Å². The van der Waals surface area contributed by atoms with Gasteiger partial charge in [0.2, 0.25) is 0 Å². The zero-order valence-corrected chi connectivity index (χ0v) is 18.4. The summed E-state index contributed by atoms with van der Waals surface area (Å²) in [5.41, 5.74) is 12.0. The van der Waals surface area contributed by atoms with Crippen molar-refractivity contribution in [1.82, 2.24) is 4.90 Å². The van der Waals surface area contributed by atoms with Crippen LogP contribution in [0.3, 0.4) is 0 Å². The fourth-order valence-corrected chi connectivity index (χ4v) is 3.36. The van der Waals surface area contributed by atoms with Gasteiger partial charge in [0.15, 0.2) is 29.1 Å². The minimum absolute atomic E-state index is 0.000574. The lowest BCUT2D eigenvalue weighted by Gasteiger charge is -2.16. The Morgan fingerprint density at radius 3 is 2.53 bits per heavy atom. The number of ether oxygens (including phenoxy) is 1. The van der Waals surface area contributed by atoms with Gasteiger partial charge in [0.05, 0.1) is 18.7 Å². The van der Waals surface area contributed by atoms with E-state index < -0.39 is 0 Å². The molecule has 0 atom stereocenters. The summed E-state index contributed by atoms with van der Waals surface area (Å²) in [7, 11) is 0. The molecule has 10 heteroatoms. The van der Waals surface area contributed by atoms with Crippen LogP contribution in [-0.4, -0.2) is 65.5 Å². The number of allylic oxidation sites excluding steroid dienone is 1. The number of rotatable bonds is 7. The zero-order chi connectivity index (χ0) is 23.1. The van der Waals surface area contributed by atoms with E-state index in [1.54, 1.807) is 23.1 Å². The number of nitrogens with two attached hydrogens (primary N) is 2. The van der Waals surface area contributed by atoms with Crippen molar-refractivity contribution < 1.29 is 14.6 Å². The van der Waals surface area contributed by atoms with E-state index in [0.717, 1.165) is 19.3 Å². The summed E-state index contributed by atoms with van der Waals surface area (Å²) in [5, 5.41) is 10.7. The molecular formula is C22H29N7O3. The number of aromatic hydroxyl groups is 1. The van der Waals surface area contributed by atoms with Crippen molar-refractivity contribution in [2.75, 3.05) is 26.2 Å². The van der Waals surface area contributed by atoms with Gasteiger partial charge >= 0.3 is 0 Å². The molecule has 1 fully saturated rings. The first kappa shape index (κ1) is 23.0. The van der Waals surface area contributed by atoms with Crippen LogP contribution in [0.5, 0.6) is 5.75 Å². The molecule has 0 radical (unpaired) electrons. The van der Waals surface area contributed by atoms with Crippen LogP contribution in [0.15, 0.2) is 50.0 Å². The highest BCUT2D eigenvalue weighted by Crippen LogP contribution is 2.32. The van der Waals surface area contributed by atoms with E-state index >= 15 is 0 Å². The molecule has 1 aromatic carbocycles. The van der Waals surface area contributed by atoms with E-state index in [-0.39, 0.29) is 52.8 Å². The van der Waals surface area contributed by atoms with Gasteiger partial charge in [-0.3, -0.25) is 9.79 Å². The third-order valence-corrected chi connectivity index (χ3v) is 4.93. The summed E-state index contributed by atoms with van der Waals surface area (Å²) in [6.45, 7) is 5.98. The van der Waals surface area contributed by atoms with Crippen LogP contribution in [0.1, 0.15) is 43.5 Å². The molecular weight excluding hydrogens is 410 g/mol. The van der Waals surface area contributed by atoms with Gasteiger partial charge in [0, 0.05) is 13.1 Å². The van der Waals surface area contributed by atoms with Crippen molar-refractivity contribution in [1.29, 1.82) is 0 Å². The smallest absolute Gasteiger partial charge is 0.257 e. The van der Waals surface area contributed by atoms with Crippen LogP contribution in [0.4, 0.5) is 5.69 Å². The number of phenols is 1. The molecule has 0 spiro atoms. The second-order valence-electron chi connectivity index (χ2n) is 7.25. The number of hydrogen-bond acceptors (Lipinski definition) is 7. The number of phenolic OH excluding ortho intramolecular Hbond substituents is 1. The average Bonchev–Trinajstić information content (AvgIpc) is 3.31. The molecule has 2 aliphatic rings. The maximum atomic E-state index is 12.8. The summed E-state index contributed by atoms with van der Waals surface area (Å²) >= 11 is 0. The van der Waals surface area contributed by atoms with Gasteiger partial charge in [0.25, 0.3) is 5.91 Å². The second-order valence-corrected chi connectivity index (χ2v) is 7.25. The van der Waals surface area contributed by atoms with E-state index in [4.69, 9.17) is 16.2 Å². The van der Waals surface area contributed by atoms with Crippen LogP contribution in [-0.2, 0) is 4.74 Å². The molecule has 1 saturated heterocycles. The zero-order valence-electron chi connectivity index (χ0n) is 18.4. The van der Waals surface area contributed by atoms with Gasteiger partial charge in [-0.05, 0) is 44.4 Å². The van der Waals surface area contributed by atoms with Gasteiger partial charge in [-0.1, -0.05) is 13.0 Å². The highest BCUT2D eigenvalue weighted by molar-refractivity contribution is 6.55. The number of para-hydroxylation sites is 1. The number of amides is 1. The second kappa shape index (κ2) is 10.6. The number of hydrogen-bond donors (Lipinski definition) is 3. The minimum atomic E-state index is -0.228. The maximum Gasteiger partial charge on any atom is 0.257 e. The molecule has 10 nitrogen and oxygen atoms in total. The Kier molecular flexibility index (Phi) is 7.58. The number of nitrogens with zero attached hydrogens (tertiary/aromatic N) is 5. The molecule has 32 heavy (non-hydrogen) atoms. The SMILES string of the molecule is CC/C=C(/CN=C1N=C(N)C(N)=NC1=Nc1cccc(C(=O)N2CCCC2)c1O)OCC. The van der Waals surface area contributed by atoms with Gasteiger partial charge in [-0.25, -0.2) is 15.0 Å². The van der Waals surface area contributed by atoms with Gasteiger partial charge in [-0.2, -0.15) is 0 Å².